The summed E-state index contributed by atoms with van der Waals surface area (Å²) >= 11 is 0.944. The molecule has 2 atom stereocenters. The summed E-state index contributed by atoms with van der Waals surface area (Å²) in [5.41, 5.74) is 8.45. The molecule has 5 rings (SSSR count). The second-order valence-corrected chi connectivity index (χ2v) is 12.2. The van der Waals surface area contributed by atoms with Crippen molar-refractivity contribution in [2.45, 2.75) is 102 Å². The molecule has 3 aliphatic rings. The lowest BCUT2D eigenvalue weighted by molar-refractivity contribution is -0.127. The normalized spacial score (nSPS) is 20.8. The average molecular weight is 568 g/mol. The number of aromatic nitrogens is 1. The highest BCUT2D eigenvalue weighted by atomic mass is 32.1. The van der Waals surface area contributed by atoms with Gasteiger partial charge >= 0.3 is 0 Å². The number of amides is 3. The van der Waals surface area contributed by atoms with E-state index in [9.17, 15) is 14.4 Å². The molecule has 1 aromatic heterocycles. The number of ether oxygens (including phenoxy) is 1. The molecular formula is C30H41N5O4S. The van der Waals surface area contributed by atoms with Gasteiger partial charge in [0.05, 0.1) is 11.8 Å². The standard InChI is InChI=1S/C30H41N5O4S/c1-19-13-15-20(16-14-19)26(29(37)32-18-23-12-7-17-39-23)35(22-10-5-6-11-22)30(38)27-24(31)25(34-40-27)28(36)33-21-8-3-2-4-9-21/h13-16,21-23,26H,2-12,17-18,31H2,1H3,(H,32,37)(H,33,36)/t23-,26-/m0/s1. The third-order valence-corrected chi connectivity index (χ3v) is 9.33. The van der Waals surface area contributed by atoms with E-state index < -0.39 is 6.04 Å². The number of hydrogen-bond donors (Lipinski definition) is 3. The topological polar surface area (TPSA) is 127 Å². The molecule has 216 valence electrons. The maximum absolute atomic E-state index is 14.3. The Morgan fingerprint density at radius 1 is 1.02 bits per heavy atom. The van der Waals surface area contributed by atoms with Crippen LogP contribution in [0.3, 0.4) is 0 Å². The molecule has 4 N–H and O–H groups in total. The van der Waals surface area contributed by atoms with Gasteiger partial charge in [-0.15, -0.1) is 0 Å². The first-order valence-electron chi connectivity index (χ1n) is 14.8. The van der Waals surface area contributed by atoms with E-state index in [2.05, 4.69) is 15.0 Å². The zero-order valence-electron chi connectivity index (χ0n) is 23.3. The predicted octanol–water partition coefficient (Wildman–Crippen LogP) is 4.52. The van der Waals surface area contributed by atoms with Gasteiger partial charge in [0.2, 0.25) is 5.91 Å². The number of nitrogens with one attached hydrogen (secondary N) is 2. The first-order valence-corrected chi connectivity index (χ1v) is 15.5. The maximum atomic E-state index is 14.3. The summed E-state index contributed by atoms with van der Waals surface area (Å²) in [7, 11) is 0. The molecule has 2 heterocycles. The fraction of sp³-hybridized carbons (Fsp3) is 0.600. The Hall–Kier alpha value is -2.98. The van der Waals surface area contributed by atoms with Gasteiger partial charge in [0, 0.05) is 25.2 Å². The molecule has 3 fully saturated rings. The highest BCUT2D eigenvalue weighted by Crippen LogP contribution is 2.36. The van der Waals surface area contributed by atoms with Gasteiger partial charge in [-0.3, -0.25) is 14.4 Å². The lowest BCUT2D eigenvalue weighted by atomic mass is 9.95. The lowest BCUT2D eigenvalue weighted by Crippen LogP contribution is -2.49. The van der Waals surface area contributed by atoms with E-state index in [0.29, 0.717) is 13.2 Å². The molecule has 10 heteroatoms. The Morgan fingerprint density at radius 2 is 1.73 bits per heavy atom. The number of rotatable bonds is 9. The van der Waals surface area contributed by atoms with E-state index in [1.165, 1.54) is 6.42 Å². The van der Waals surface area contributed by atoms with Crippen molar-refractivity contribution in [1.82, 2.24) is 19.9 Å². The van der Waals surface area contributed by atoms with Crippen LogP contribution in [0, 0.1) is 6.92 Å². The second kappa shape index (κ2) is 13.1. The third-order valence-electron chi connectivity index (χ3n) is 8.48. The zero-order valence-corrected chi connectivity index (χ0v) is 24.1. The maximum Gasteiger partial charge on any atom is 0.273 e. The summed E-state index contributed by atoms with van der Waals surface area (Å²) in [5, 5.41) is 6.12. The minimum Gasteiger partial charge on any atom is -0.395 e. The molecular weight excluding hydrogens is 526 g/mol. The van der Waals surface area contributed by atoms with Crippen LogP contribution in [0.15, 0.2) is 24.3 Å². The van der Waals surface area contributed by atoms with Crippen LogP contribution in [0.4, 0.5) is 5.69 Å². The largest absolute Gasteiger partial charge is 0.395 e. The Labute approximate surface area is 240 Å². The van der Waals surface area contributed by atoms with Crippen LogP contribution >= 0.6 is 11.5 Å². The third kappa shape index (κ3) is 6.49. The lowest BCUT2D eigenvalue weighted by Gasteiger charge is -2.36. The number of carbonyl (C=O) groups is 3. The molecule has 40 heavy (non-hydrogen) atoms. The molecule has 0 bridgehead atoms. The molecule has 2 aromatic rings. The van der Waals surface area contributed by atoms with Gasteiger partial charge < -0.3 is 26.0 Å². The number of nitrogens with zero attached hydrogens (tertiary/aromatic N) is 2. The molecule has 2 aliphatic carbocycles. The van der Waals surface area contributed by atoms with Crippen LogP contribution in [0.5, 0.6) is 0 Å². The van der Waals surface area contributed by atoms with Crippen LogP contribution in [0.25, 0.3) is 0 Å². The summed E-state index contributed by atoms with van der Waals surface area (Å²) in [4.78, 5) is 43.1. The second-order valence-electron chi connectivity index (χ2n) is 11.4. The molecule has 1 aromatic carbocycles. The number of aryl methyl sites for hydroxylation is 1. The first-order chi connectivity index (χ1) is 19.4. The van der Waals surface area contributed by atoms with E-state index in [1.54, 1.807) is 4.90 Å². The number of hydrogen-bond acceptors (Lipinski definition) is 7. The molecule has 9 nitrogen and oxygen atoms in total. The van der Waals surface area contributed by atoms with Gasteiger partial charge in [0.15, 0.2) is 5.69 Å². The Kier molecular flexibility index (Phi) is 9.36. The number of nitrogen functional groups attached to an aromatic ring is 1. The fourth-order valence-corrected chi connectivity index (χ4v) is 6.96. The smallest absolute Gasteiger partial charge is 0.273 e. The van der Waals surface area contributed by atoms with Crippen molar-refractivity contribution in [2.75, 3.05) is 18.9 Å². The Morgan fingerprint density at radius 3 is 2.40 bits per heavy atom. The number of nitrogens with two attached hydrogens (primary N) is 1. The quantitative estimate of drug-likeness (QED) is 0.409. The van der Waals surface area contributed by atoms with Gasteiger partial charge in [-0.1, -0.05) is 61.9 Å². The van der Waals surface area contributed by atoms with Crippen LogP contribution < -0.4 is 16.4 Å². The first kappa shape index (κ1) is 28.5. The van der Waals surface area contributed by atoms with Gasteiger partial charge in [-0.2, -0.15) is 4.37 Å². The van der Waals surface area contributed by atoms with Crippen LogP contribution in [0.1, 0.15) is 108 Å². The summed E-state index contributed by atoms with van der Waals surface area (Å²) in [6.45, 7) is 3.10. The van der Waals surface area contributed by atoms with Crippen molar-refractivity contribution in [3.8, 4) is 0 Å². The molecule has 2 saturated carbocycles. The predicted molar refractivity (Wildman–Crippen MR) is 155 cm³/mol. The fourth-order valence-electron chi connectivity index (χ4n) is 6.21. The van der Waals surface area contributed by atoms with Gasteiger partial charge in [0.25, 0.3) is 11.8 Å². The molecule has 0 unspecified atom stereocenters. The van der Waals surface area contributed by atoms with Crippen molar-refractivity contribution < 1.29 is 19.1 Å². The number of anilines is 1. The summed E-state index contributed by atoms with van der Waals surface area (Å²) in [6, 6.07) is 6.91. The average Bonchev–Trinajstić information content (AvgIpc) is 3.74. The molecule has 0 radical (unpaired) electrons. The van der Waals surface area contributed by atoms with Crippen molar-refractivity contribution in [1.29, 1.82) is 0 Å². The summed E-state index contributed by atoms with van der Waals surface area (Å²) in [6.07, 6.45) is 10.7. The Bertz CT molecular complexity index is 1180. The van der Waals surface area contributed by atoms with Gasteiger partial charge in [0.1, 0.15) is 10.9 Å². The highest BCUT2D eigenvalue weighted by Gasteiger charge is 2.40. The summed E-state index contributed by atoms with van der Waals surface area (Å²) in [5.74, 6) is -0.925. The monoisotopic (exact) mass is 567 g/mol. The van der Waals surface area contributed by atoms with Crippen molar-refractivity contribution >= 4 is 34.9 Å². The van der Waals surface area contributed by atoms with E-state index in [4.69, 9.17) is 10.5 Å². The van der Waals surface area contributed by atoms with Crippen molar-refractivity contribution in [2.24, 2.45) is 0 Å². The van der Waals surface area contributed by atoms with Crippen LogP contribution in [-0.2, 0) is 9.53 Å². The molecule has 1 aliphatic heterocycles. The van der Waals surface area contributed by atoms with Crippen molar-refractivity contribution in [3.63, 3.8) is 0 Å². The molecule has 1 saturated heterocycles. The van der Waals surface area contributed by atoms with Crippen molar-refractivity contribution in [3.05, 3.63) is 46.0 Å². The Balaban J connectivity index is 1.43. The molecule has 3 amide bonds. The van der Waals surface area contributed by atoms with Gasteiger partial charge in [-0.05, 0) is 62.5 Å². The molecule has 0 spiro atoms. The van der Waals surface area contributed by atoms with E-state index in [0.717, 1.165) is 86.9 Å². The number of carbonyl (C=O) groups excluding carboxylic acids is 3. The van der Waals surface area contributed by atoms with E-state index in [1.807, 2.05) is 31.2 Å². The van der Waals surface area contributed by atoms with E-state index in [-0.39, 0.29) is 52.2 Å². The van der Waals surface area contributed by atoms with Gasteiger partial charge in [-0.25, -0.2) is 0 Å². The highest BCUT2D eigenvalue weighted by molar-refractivity contribution is 7.09. The number of benzene rings is 1. The minimum atomic E-state index is -0.835. The SMILES string of the molecule is Cc1ccc([C@@H](C(=O)NC[C@@H]2CCCO2)N(C(=O)c2snc(C(=O)NC3CCCCC3)c2N)C2CCCC2)cc1. The van der Waals surface area contributed by atoms with E-state index >= 15 is 0 Å². The van der Waals surface area contributed by atoms with Crippen LogP contribution in [-0.4, -0.2) is 58.3 Å². The zero-order chi connectivity index (χ0) is 28.1. The summed E-state index contributed by atoms with van der Waals surface area (Å²) < 4.78 is 10.0. The van der Waals surface area contributed by atoms with Crippen LogP contribution in [0.2, 0.25) is 0 Å². The minimum absolute atomic E-state index is 0.0133.